The summed E-state index contributed by atoms with van der Waals surface area (Å²) in [5.74, 6) is -0.672. The molecule has 2 amide bonds. The Hall–Kier alpha value is -2.24. The zero-order chi connectivity index (χ0) is 18.1. The van der Waals surface area contributed by atoms with E-state index in [-0.39, 0.29) is 0 Å². The Morgan fingerprint density at radius 2 is 1.48 bits per heavy atom. The van der Waals surface area contributed by atoms with Crippen molar-refractivity contribution >= 4 is 35.2 Å². The molecule has 1 aliphatic rings. The van der Waals surface area contributed by atoms with Crippen molar-refractivity contribution in [3.05, 3.63) is 69.7 Å². The molecule has 2 aromatic rings. The van der Waals surface area contributed by atoms with Crippen molar-refractivity contribution in [2.45, 2.75) is 25.1 Å². The van der Waals surface area contributed by atoms with Crippen molar-refractivity contribution in [1.82, 2.24) is 4.90 Å². The van der Waals surface area contributed by atoms with Gasteiger partial charge in [0.25, 0.3) is 5.91 Å². The van der Waals surface area contributed by atoms with E-state index in [2.05, 4.69) is 0 Å². The van der Waals surface area contributed by atoms with E-state index in [1.54, 1.807) is 31.2 Å². The maximum atomic E-state index is 12.5. The highest BCUT2D eigenvalue weighted by Crippen LogP contribution is 2.36. The van der Waals surface area contributed by atoms with E-state index in [9.17, 15) is 9.59 Å². The number of rotatable bonds is 4. The molecular weight excluding hydrogens is 363 g/mol. The maximum absolute atomic E-state index is 12.5. The lowest BCUT2D eigenvalue weighted by molar-refractivity contribution is -0.125. The second-order valence-electron chi connectivity index (χ2n) is 5.86. The SMILES string of the molecule is CC1C(C(N)=O)OC(=O)N1C(c1ccc(Cl)cc1)c1ccc(Cl)cc1. The molecule has 2 aromatic carbocycles. The van der Waals surface area contributed by atoms with Crippen LogP contribution in [0.1, 0.15) is 24.1 Å². The van der Waals surface area contributed by atoms with E-state index in [1.807, 2.05) is 24.3 Å². The third-order valence-corrected chi connectivity index (χ3v) is 4.75. The van der Waals surface area contributed by atoms with Crippen molar-refractivity contribution in [3.63, 3.8) is 0 Å². The molecule has 0 aromatic heterocycles. The summed E-state index contributed by atoms with van der Waals surface area (Å²) in [5, 5.41) is 1.18. The van der Waals surface area contributed by atoms with Gasteiger partial charge in [-0.3, -0.25) is 9.69 Å². The summed E-state index contributed by atoms with van der Waals surface area (Å²) in [5.41, 5.74) is 7.02. The minimum atomic E-state index is -0.991. The molecule has 5 nitrogen and oxygen atoms in total. The summed E-state index contributed by atoms with van der Waals surface area (Å²) >= 11 is 12.0. The van der Waals surface area contributed by atoms with Gasteiger partial charge in [0.15, 0.2) is 0 Å². The van der Waals surface area contributed by atoms with Crippen LogP contribution in [0.25, 0.3) is 0 Å². The number of hydrogen-bond donors (Lipinski definition) is 1. The number of nitrogens with two attached hydrogens (primary N) is 1. The molecule has 2 N–H and O–H groups in total. The fraction of sp³-hybridized carbons (Fsp3) is 0.222. The van der Waals surface area contributed by atoms with Crippen molar-refractivity contribution in [1.29, 1.82) is 0 Å². The summed E-state index contributed by atoms with van der Waals surface area (Å²) in [6, 6.07) is 13.4. The van der Waals surface area contributed by atoms with Crippen LogP contribution in [0.4, 0.5) is 4.79 Å². The van der Waals surface area contributed by atoms with Crippen LogP contribution in [0.3, 0.4) is 0 Å². The predicted octanol–water partition coefficient (Wildman–Crippen LogP) is 3.78. The Bertz CT molecular complexity index is 747. The van der Waals surface area contributed by atoms with Gasteiger partial charge in [-0.05, 0) is 42.3 Å². The molecule has 0 bridgehead atoms. The fourth-order valence-corrected chi connectivity index (χ4v) is 3.27. The first kappa shape index (κ1) is 17.6. The molecular formula is C18H16Cl2N2O3. The highest BCUT2D eigenvalue weighted by Gasteiger charge is 2.46. The second-order valence-corrected chi connectivity index (χ2v) is 6.73. The van der Waals surface area contributed by atoms with E-state index in [1.165, 1.54) is 4.90 Å². The van der Waals surface area contributed by atoms with E-state index >= 15 is 0 Å². The first-order chi connectivity index (χ1) is 11.9. The van der Waals surface area contributed by atoms with Gasteiger partial charge in [-0.2, -0.15) is 0 Å². The molecule has 1 heterocycles. The average Bonchev–Trinajstić information content (AvgIpc) is 2.87. The van der Waals surface area contributed by atoms with Crippen LogP contribution in [0.2, 0.25) is 10.0 Å². The largest absolute Gasteiger partial charge is 0.434 e. The van der Waals surface area contributed by atoms with Gasteiger partial charge < -0.3 is 10.5 Å². The number of cyclic esters (lactones) is 1. The number of primary amides is 1. The molecule has 3 rings (SSSR count). The monoisotopic (exact) mass is 378 g/mol. The van der Waals surface area contributed by atoms with Crippen molar-refractivity contribution in [2.75, 3.05) is 0 Å². The molecule has 1 fully saturated rings. The number of benzene rings is 2. The smallest absolute Gasteiger partial charge is 0.411 e. The van der Waals surface area contributed by atoms with Gasteiger partial charge >= 0.3 is 6.09 Å². The Morgan fingerprint density at radius 3 is 1.84 bits per heavy atom. The second kappa shape index (κ2) is 6.94. The topological polar surface area (TPSA) is 72.6 Å². The number of hydrogen-bond acceptors (Lipinski definition) is 3. The van der Waals surface area contributed by atoms with Gasteiger partial charge in [0, 0.05) is 10.0 Å². The van der Waals surface area contributed by atoms with Crippen molar-refractivity contribution in [2.24, 2.45) is 5.73 Å². The van der Waals surface area contributed by atoms with Crippen LogP contribution in [-0.2, 0) is 9.53 Å². The van der Waals surface area contributed by atoms with E-state index in [0.29, 0.717) is 10.0 Å². The average molecular weight is 379 g/mol. The molecule has 2 unspecified atom stereocenters. The minimum Gasteiger partial charge on any atom is -0.434 e. The minimum absolute atomic E-state index is 0.457. The molecule has 1 saturated heterocycles. The Balaban J connectivity index is 2.08. The van der Waals surface area contributed by atoms with E-state index in [0.717, 1.165) is 11.1 Å². The normalized spacial score (nSPS) is 20.0. The van der Waals surface area contributed by atoms with Gasteiger partial charge in [0.1, 0.15) is 0 Å². The van der Waals surface area contributed by atoms with Crippen LogP contribution in [0, 0.1) is 0 Å². The number of carbonyl (C=O) groups is 2. The zero-order valence-corrected chi connectivity index (χ0v) is 14.9. The summed E-state index contributed by atoms with van der Waals surface area (Å²) in [4.78, 5) is 25.6. The van der Waals surface area contributed by atoms with Crippen LogP contribution in [0.15, 0.2) is 48.5 Å². The summed E-state index contributed by atoms with van der Waals surface area (Å²) in [7, 11) is 0. The predicted molar refractivity (Wildman–Crippen MR) is 95.5 cm³/mol. The lowest BCUT2D eigenvalue weighted by Crippen LogP contribution is -2.42. The lowest BCUT2D eigenvalue weighted by Gasteiger charge is -2.30. The quantitative estimate of drug-likeness (QED) is 0.879. The maximum Gasteiger partial charge on any atom is 0.411 e. The fourth-order valence-electron chi connectivity index (χ4n) is 3.02. The molecule has 130 valence electrons. The van der Waals surface area contributed by atoms with Crippen LogP contribution in [0.5, 0.6) is 0 Å². The van der Waals surface area contributed by atoms with E-state index in [4.69, 9.17) is 33.7 Å². The van der Waals surface area contributed by atoms with Gasteiger partial charge in [0.05, 0.1) is 12.1 Å². The van der Waals surface area contributed by atoms with Crippen molar-refractivity contribution < 1.29 is 14.3 Å². The highest BCUT2D eigenvalue weighted by molar-refractivity contribution is 6.30. The summed E-state index contributed by atoms with van der Waals surface area (Å²) < 4.78 is 5.18. The molecule has 0 spiro atoms. The molecule has 0 radical (unpaired) electrons. The lowest BCUT2D eigenvalue weighted by atomic mass is 9.95. The molecule has 0 aliphatic carbocycles. The van der Waals surface area contributed by atoms with Crippen LogP contribution >= 0.6 is 23.2 Å². The number of amides is 2. The van der Waals surface area contributed by atoms with Crippen LogP contribution in [-0.4, -0.2) is 29.0 Å². The third-order valence-electron chi connectivity index (χ3n) is 4.25. The van der Waals surface area contributed by atoms with Gasteiger partial charge in [0.2, 0.25) is 6.10 Å². The molecule has 1 aliphatic heterocycles. The van der Waals surface area contributed by atoms with Gasteiger partial charge in [-0.1, -0.05) is 47.5 Å². The van der Waals surface area contributed by atoms with Crippen LogP contribution < -0.4 is 5.73 Å². The number of halogens is 2. The Labute approximate surface area is 155 Å². The van der Waals surface area contributed by atoms with E-state index < -0.39 is 30.2 Å². The molecule has 0 saturated carbocycles. The van der Waals surface area contributed by atoms with Crippen molar-refractivity contribution in [3.8, 4) is 0 Å². The third kappa shape index (κ3) is 3.43. The summed E-state index contributed by atoms with van der Waals surface area (Å²) in [6.45, 7) is 1.74. The zero-order valence-electron chi connectivity index (χ0n) is 13.4. The number of carbonyl (C=O) groups excluding carboxylic acids is 2. The molecule has 25 heavy (non-hydrogen) atoms. The standard InChI is InChI=1S/C18H16Cl2N2O3/c1-10-16(17(21)23)25-18(24)22(10)15(11-2-6-13(19)7-3-11)12-4-8-14(20)9-5-12/h2-10,15-16H,1H3,(H2,21,23). The Kier molecular flexibility index (Phi) is 4.88. The summed E-state index contributed by atoms with van der Waals surface area (Å²) in [6.07, 6.45) is -1.58. The number of ether oxygens (including phenoxy) is 1. The number of nitrogens with zero attached hydrogens (tertiary/aromatic N) is 1. The first-order valence-electron chi connectivity index (χ1n) is 7.67. The highest BCUT2D eigenvalue weighted by atomic mass is 35.5. The molecule has 7 heteroatoms. The molecule has 2 atom stereocenters. The van der Waals surface area contributed by atoms with Gasteiger partial charge in [-0.15, -0.1) is 0 Å². The first-order valence-corrected chi connectivity index (χ1v) is 8.43. The Morgan fingerprint density at radius 1 is 1.04 bits per heavy atom. The van der Waals surface area contributed by atoms with Gasteiger partial charge in [-0.25, -0.2) is 4.79 Å².